The van der Waals surface area contributed by atoms with Gasteiger partial charge in [0.15, 0.2) is 0 Å². The van der Waals surface area contributed by atoms with E-state index in [1.165, 1.54) is 13.2 Å². The minimum atomic E-state index is -0.523. The number of anilines is 1. The number of carbonyl (C=O) groups is 3. The van der Waals surface area contributed by atoms with Crippen LogP contribution >= 0.6 is 11.6 Å². The van der Waals surface area contributed by atoms with Crippen LogP contribution in [-0.4, -0.2) is 54.4 Å². The van der Waals surface area contributed by atoms with E-state index in [2.05, 4.69) is 20.9 Å². The smallest absolute Gasteiger partial charge is 0.321 e. The molecule has 0 radical (unpaired) electrons. The van der Waals surface area contributed by atoms with E-state index in [0.29, 0.717) is 36.8 Å². The number of carbonyl (C=O) groups excluding carboxylic acids is 3. The second kappa shape index (κ2) is 8.60. The predicted octanol–water partition coefficient (Wildman–Crippen LogP) is 0.841. The van der Waals surface area contributed by atoms with Crippen molar-refractivity contribution in [3.8, 4) is 0 Å². The Morgan fingerprint density at radius 1 is 1.29 bits per heavy atom. The molecule has 0 spiro atoms. The number of rotatable bonds is 4. The van der Waals surface area contributed by atoms with Gasteiger partial charge in [0.05, 0.1) is 11.6 Å². The monoisotopic (exact) mass is 353 g/mol. The van der Waals surface area contributed by atoms with Gasteiger partial charge in [-0.2, -0.15) is 0 Å². The Morgan fingerprint density at radius 3 is 2.58 bits per heavy atom. The summed E-state index contributed by atoms with van der Waals surface area (Å²) in [5, 5.41) is 7.82. The van der Waals surface area contributed by atoms with Crippen LogP contribution in [0.15, 0.2) is 18.3 Å². The number of aromatic nitrogens is 1. The summed E-state index contributed by atoms with van der Waals surface area (Å²) in [6.45, 7) is 1.38. The van der Waals surface area contributed by atoms with Gasteiger partial charge in [0.2, 0.25) is 11.8 Å². The van der Waals surface area contributed by atoms with Crippen LogP contribution in [0.1, 0.15) is 12.8 Å². The SMILES string of the molecule is CNC(=O)NC(=O)CN1CCC(C(=O)Nc2ccc(Cl)cn2)CC1. The molecule has 1 fully saturated rings. The Balaban J connectivity index is 1.75. The molecule has 4 amide bonds. The third-order valence-electron chi connectivity index (χ3n) is 3.78. The van der Waals surface area contributed by atoms with Gasteiger partial charge >= 0.3 is 6.03 Å². The van der Waals surface area contributed by atoms with Crippen LogP contribution in [0.5, 0.6) is 0 Å². The van der Waals surface area contributed by atoms with Crippen LogP contribution in [0, 0.1) is 5.92 Å². The molecule has 0 unspecified atom stereocenters. The minimum Gasteiger partial charge on any atom is -0.341 e. The zero-order chi connectivity index (χ0) is 17.5. The number of piperidine rings is 1. The molecule has 1 aliphatic rings. The summed E-state index contributed by atoms with van der Waals surface area (Å²) in [6, 6.07) is 2.79. The summed E-state index contributed by atoms with van der Waals surface area (Å²) in [4.78, 5) is 40.9. The average molecular weight is 354 g/mol. The molecule has 2 heterocycles. The van der Waals surface area contributed by atoms with Crippen LogP contribution < -0.4 is 16.0 Å². The van der Waals surface area contributed by atoms with E-state index < -0.39 is 6.03 Å². The summed E-state index contributed by atoms with van der Waals surface area (Å²) < 4.78 is 0. The van der Waals surface area contributed by atoms with Crippen molar-refractivity contribution in [1.29, 1.82) is 0 Å². The molecule has 3 N–H and O–H groups in total. The first-order valence-electron chi connectivity index (χ1n) is 7.64. The molecule has 24 heavy (non-hydrogen) atoms. The van der Waals surface area contributed by atoms with Crippen molar-refractivity contribution < 1.29 is 14.4 Å². The lowest BCUT2D eigenvalue weighted by molar-refractivity contribution is -0.122. The molecule has 1 aromatic heterocycles. The Hall–Kier alpha value is -2.19. The Bertz CT molecular complexity index is 600. The van der Waals surface area contributed by atoms with Gasteiger partial charge in [0.25, 0.3) is 0 Å². The van der Waals surface area contributed by atoms with Gasteiger partial charge in [-0.25, -0.2) is 9.78 Å². The lowest BCUT2D eigenvalue weighted by Crippen LogP contribution is -2.46. The van der Waals surface area contributed by atoms with Gasteiger partial charge in [-0.05, 0) is 38.1 Å². The normalized spacial score (nSPS) is 15.6. The molecule has 1 saturated heterocycles. The first kappa shape index (κ1) is 18.2. The maximum atomic E-state index is 12.2. The molecule has 0 atom stereocenters. The van der Waals surface area contributed by atoms with E-state index in [1.807, 2.05) is 4.90 Å². The Kier molecular flexibility index (Phi) is 6.51. The topological polar surface area (TPSA) is 103 Å². The fourth-order valence-electron chi connectivity index (χ4n) is 2.46. The van der Waals surface area contributed by atoms with Gasteiger partial charge in [-0.15, -0.1) is 0 Å². The zero-order valence-electron chi connectivity index (χ0n) is 13.3. The first-order chi connectivity index (χ1) is 11.5. The number of nitrogens with one attached hydrogen (secondary N) is 3. The standard InChI is InChI=1S/C15H20ClN5O3/c1-17-15(24)20-13(22)9-21-6-4-10(5-7-21)14(23)19-12-3-2-11(16)8-18-12/h2-3,8,10H,4-7,9H2,1H3,(H,18,19,23)(H2,17,20,22,24). The van der Waals surface area contributed by atoms with E-state index in [1.54, 1.807) is 12.1 Å². The van der Waals surface area contributed by atoms with Crippen molar-refractivity contribution in [1.82, 2.24) is 20.5 Å². The molecule has 9 heteroatoms. The summed E-state index contributed by atoms with van der Waals surface area (Å²) >= 11 is 5.76. The molecule has 2 rings (SSSR count). The lowest BCUT2D eigenvalue weighted by atomic mass is 9.96. The second-order valence-electron chi connectivity index (χ2n) is 5.53. The average Bonchev–Trinajstić information content (AvgIpc) is 2.57. The summed E-state index contributed by atoms with van der Waals surface area (Å²) in [5.74, 6) is -0.0978. The first-order valence-corrected chi connectivity index (χ1v) is 8.02. The van der Waals surface area contributed by atoms with Gasteiger partial charge in [-0.1, -0.05) is 11.6 Å². The molecule has 1 aliphatic heterocycles. The van der Waals surface area contributed by atoms with Crippen LogP contribution in [-0.2, 0) is 9.59 Å². The van der Waals surface area contributed by atoms with Gasteiger partial charge in [-0.3, -0.25) is 19.8 Å². The third kappa shape index (κ3) is 5.47. The van der Waals surface area contributed by atoms with Crippen molar-refractivity contribution in [2.45, 2.75) is 12.8 Å². The van der Waals surface area contributed by atoms with Crippen LogP contribution in [0.2, 0.25) is 5.02 Å². The third-order valence-corrected chi connectivity index (χ3v) is 4.01. The number of halogens is 1. The summed E-state index contributed by atoms with van der Waals surface area (Å²) in [6.07, 6.45) is 2.77. The maximum absolute atomic E-state index is 12.2. The molecule has 1 aromatic rings. The molecule has 0 bridgehead atoms. The van der Waals surface area contributed by atoms with Gasteiger partial charge in [0, 0.05) is 19.2 Å². The predicted molar refractivity (Wildman–Crippen MR) is 89.6 cm³/mol. The molecular weight excluding hydrogens is 334 g/mol. The second-order valence-corrected chi connectivity index (χ2v) is 5.97. The number of amides is 4. The fraction of sp³-hybridized carbons (Fsp3) is 0.467. The number of hydrogen-bond donors (Lipinski definition) is 3. The highest BCUT2D eigenvalue weighted by molar-refractivity contribution is 6.30. The van der Waals surface area contributed by atoms with Crippen molar-refractivity contribution in [2.24, 2.45) is 5.92 Å². The van der Waals surface area contributed by atoms with E-state index in [9.17, 15) is 14.4 Å². The number of pyridine rings is 1. The fourth-order valence-corrected chi connectivity index (χ4v) is 2.57. The lowest BCUT2D eigenvalue weighted by Gasteiger charge is -2.30. The molecule has 0 saturated carbocycles. The van der Waals surface area contributed by atoms with Crippen LogP contribution in [0.3, 0.4) is 0 Å². The number of nitrogens with zero attached hydrogens (tertiary/aromatic N) is 2. The van der Waals surface area contributed by atoms with Crippen LogP contribution in [0.25, 0.3) is 0 Å². The number of likely N-dealkylation sites (tertiary alicyclic amines) is 1. The highest BCUT2D eigenvalue weighted by Gasteiger charge is 2.26. The molecule has 0 aliphatic carbocycles. The number of urea groups is 1. The van der Waals surface area contributed by atoms with Crippen molar-refractivity contribution in [3.63, 3.8) is 0 Å². The quantitative estimate of drug-likeness (QED) is 0.744. The Morgan fingerprint density at radius 2 is 2.00 bits per heavy atom. The van der Waals surface area contributed by atoms with Gasteiger partial charge in [0.1, 0.15) is 5.82 Å². The number of imide groups is 1. The highest BCUT2D eigenvalue weighted by Crippen LogP contribution is 2.19. The van der Waals surface area contributed by atoms with Crippen molar-refractivity contribution >= 4 is 35.3 Å². The van der Waals surface area contributed by atoms with E-state index in [4.69, 9.17) is 11.6 Å². The molecule has 130 valence electrons. The maximum Gasteiger partial charge on any atom is 0.321 e. The number of hydrogen-bond acceptors (Lipinski definition) is 5. The van der Waals surface area contributed by atoms with Crippen LogP contribution in [0.4, 0.5) is 10.6 Å². The zero-order valence-corrected chi connectivity index (χ0v) is 14.1. The molecular formula is C15H20ClN5O3. The highest BCUT2D eigenvalue weighted by atomic mass is 35.5. The van der Waals surface area contributed by atoms with Gasteiger partial charge < -0.3 is 10.6 Å². The largest absolute Gasteiger partial charge is 0.341 e. The van der Waals surface area contributed by atoms with Crippen molar-refractivity contribution in [3.05, 3.63) is 23.4 Å². The van der Waals surface area contributed by atoms with E-state index in [0.717, 1.165) is 0 Å². The van der Waals surface area contributed by atoms with E-state index >= 15 is 0 Å². The summed E-state index contributed by atoms with van der Waals surface area (Å²) in [7, 11) is 1.45. The minimum absolute atomic E-state index is 0.0840. The molecule has 0 aromatic carbocycles. The Labute approximate surface area is 144 Å². The van der Waals surface area contributed by atoms with E-state index in [-0.39, 0.29) is 24.3 Å². The summed E-state index contributed by atoms with van der Waals surface area (Å²) in [5.41, 5.74) is 0. The van der Waals surface area contributed by atoms with Crippen molar-refractivity contribution in [2.75, 3.05) is 32.0 Å². The molecule has 8 nitrogen and oxygen atoms in total.